The Morgan fingerprint density at radius 1 is 1.05 bits per heavy atom. The highest BCUT2D eigenvalue weighted by molar-refractivity contribution is 5.85. The van der Waals surface area contributed by atoms with Gasteiger partial charge in [-0.3, -0.25) is 0 Å². The summed E-state index contributed by atoms with van der Waals surface area (Å²) in [6.45, 7) is -0.0381. The van der Waals surface area contributed by atoms with Crippen LogP contribution < -0.4 is 5.32 Å². The van der Waals surface area contributed by atoms with Crippen LogP contribution >= 0.6 is 0 Å². The molecule has 0 aliphatic heterocycles. The first-order valence-electron chi connectivity index (χ1n) is 7.04. The van der Waals surface area contributed by atoms with E-state index in [9.17, 15) is 10.4 Å². The van der Waals surface area contributed by atoms with E-state index >= 15 is 0 Å². The summed E-state index contributed by atoms with van der Waals surface area (Å²) in [4.78, 5) is 4.51. The summed E-state index contributed by atoms with van der Waals surface area (Å²) < 4.78 is 0. The fourth-order valence-electron chi connectivity index (χ4n) is 2.42. The molecule has 0 spiro atoms. The number of aliphatic hydroxyl groups is 1. The Morgan fingerprint density at radius 3 is 2.59 bits per heavy atom. The summed E-state index contributed by atoms with van der Waals surface area (Å²) in [5.74, 6) is 0.637. The molecule has 3 aromatic rings. The summed E-state index contributed by atoms with van der Waals surface area (Å²) in [6.07, 6.45) is 0. The van der Waals surface area contributed by atoms with Crippen molar-refractivity contribution in [2.75, 3.05) is 11.9 Å². The molecule has 0 bridgehead atoms. The van der Waals surface area contributed by atoms with Crippen molar-refractivity contribution in [3.05, 3.63) is 71.8 Å². The Morgan fingerprint density at radius 2 is 1.86 bits per heavy atom. The van der Waals surface area contributed by atoms with E-state index in [0.717, 1.165) is 10.9 Å². The maximum atomic E-state index is 9.61. The van der Waals surface area contributed by atoms with Crippen molar-refractivity contribution in [2.24, 2.45) is 0 Å². The van der Waals surface area contributed by atoms with Gasteiger partial charge in [-0.15, -0.1) is 0 Å². The Hall–Kier alpha value is -2.90. The molecule has 0 saturated heterocycles. The van der Waals surface area contributed by atoms with E-state index in [0.29, 0.717) is 16.9 Å². The molecule has 0 aliphatic rings. The highest BCUT2D eigenvalue weighted by Gasteiger charge is 2.11. The summed E-state index contributed by atoms with van der Waals surface area (Å²) >= 11 is 0. The Bertz CT molecular complexity index is 825. The highest BCUT2D eigenvalue weighted by Crippen LogP contribution is 2.22. The minimum atomic E-state index is -0.236. The zero-order valence-corrected chi connectivity index (χ0v) is 11.9. The molecule has 108 valence electrons. The number of rotatable bonds is 4. The number of nitrogens with zero attached hydrogens (tertiary/aromatic N) is 2. The average molecular weight is 289 g/mol. The SMILES string of the molecule is N#Cc1cccc2ccc(N[C@H](CO)c3ccccc3)nc12. The van der Waals surface area contributed by atoms with Crippen molar-refractivity contribution < 1.29 is 5.11 Å². The molecule has 22 heavy (non-hydrogen) atoms. The maximum absolute atomic E-state index is 9.61. The molecule has 0 saturated carbocycles. The van der Waals surface area contributed by atoms with Crippen molar-refractivity contribution in [2.45, 2.75) is 6.04 Å². The van der Waals surface area contributed by atoms with Gasteiger partial charge in [0.1, 0.15) is 11.9 Å². The van der Waals surface area contributed by atoms with Crippen molar-refractivity contribution >= 4 is 16.7 Å². The first-order valence-corrected chi connectivity index (χ1v) is 7.04. The molecule has 0 radical (unpaired) electrons. The normalized spacial score (nSPS) is 11.8. The van der Waals surface area contributed by atoms with Crippen LogP contribution in [0.5, 0.6) is 0 Å². The molecule has 0 aliphatic carbocycles. The Labute approximate surface area is 128 Å². The number of nitriles is 1. The second kappa shape index (κ2) is 6.25. The van der Waals surface area contributed by atoms with E-state index < -0.39 is 0 Å². The summed E-state index contributed by atoms with van der Waals surface area (Å²) in [5, 5.41) is 22.9. The summed E-state index contributed by atoms with van der Waals surface area (Å²) in [7, 11) is 0. The summed E-state index contributed by atoms with van der Waals surface area (Å²) in [6, 6.07) is 20.9. The lowest BCUT2D eigenvalue weighted by Crippen LogP contribution is -2.15. The van der Waals surface area contributed by atoms with Crippen LogP contribution in [0.15, 0.2) is 60.7 Å². The van der Waals surface area contributed by atoms with Crippen molar-refractivity contribution in [3.8, 4) is 6.07 Å². The number of para-hydroxylation sites is 1. The number of nitrogens with one attached hydrogen (secondary N) is 1. The van der Waals surface area contributed by atoms with Crippen LogP contribution in [-0.4, -0.2) is 16.7 Å². The molecule has 2 aromatic carbocycles. The second-order valence-corrected chi connectivity index (χ2v) is 4.98. The van der Waals surface area contributed by atoms with Crippen LogP contribution in [0.2, 0.25) is 0 Å². The molecule has 2 N–H and O–H groups in total. The van der Waals surface area contributed by atoms with Gasteiger partial charge in [0.25, 0.3) is 0 Å². The molecule has 4 heteroatoms. The van der Waals surface area contributed by atoms with Gasteiger partial charge in [-0.25, -0.2) is 4.98 Å². The Balaban J connectivity index is 1.95. The van der Waals surface area contributed by atoms with Gasteiger partial charge in [0, 0.05) is 5.39 Å². The van der Waals surface area contributed by atoms with E-state index in [2.05, 4.69) is 16.4 Å². The second-order valence-electron chi connectivity index (χ2n) is 4.98. The molecule has 3 rings (SSSR count). The van der Waals surface area contributed by atoms with Gasteiger partial charge < -0.3 is 10.4 Å². The third-order valence-corrected chi connectivity index (χ3v) is 3.55. The number of pyridine rings is 1. The van der Waals surface area contributed by atoms with Crippen LogP contribution in [0.25, 0.3) is 10.9 Å². The molecule has 0 fully saturated rings. The fraction of sp³-hybridized carbons (Fsp3) is 0.111. The highest BCUT2D eigenvalue weighted by atomic mass is 16.3. The molecular weight excluding hydrogens is 274 g/mol. The lowest BCUT2D eigenvalue weighted by Gasteiger charge is -2.17. The smallest absolute Gasteiger partial charge is 0.127 e. The van der Waals surface area contributed by atoms with Crippen molar-refractivity contribution in [1.29, 1.82) is 5.26 Å². The third-order valence-electron chi connectivity index (χ3n) is 3.55. The topological polar surface area (TPSA) is 68.9 Å². The third kappa shape index (κ3) is 2.76. The minimum absolute atomic E-state index is 0.0381. The minimum Gasteiger partial charge on any atom is -0.394 e. The predicted octanol–water partition coefficient (Wildman–Crippen LogP) is 3.25. The van der Waals surface area contributed by atoms with Gasteiger partial charge in [-0.05, 0) is 23.8 Å². The van der Waals surface area contributed by atoms with E-state index in [1.165, 1.54) is 0 Å². The van der Waals surface area contributed by atoms with Gasteiger partial charge in [0.2, 0.25) is 0 Å². The zero-order chi connectivity index (χ0) is 15.4. The number of hydrogen-bond acceptors (Lipinski definition) is 4. The molecule has 1 heterocycles. The van der Waals surface area contributed by atoms with Gasteiger partial charge >= 0.3 is 0 Å². The first-order chi connectivity index (χ1) is 10.8. The number of aromatic nitrogens is 1. The lowest BCUT2D eigenvalue weighted by molar-refractivity contribution is 0.276. The lowest BCUT2D eigenvalue weighted by atomic mass is 10.1. The monoisotopic (exact) mass is 289 g/mol. The predicted molar refractivity (Wildman–Crippen MR) is 86.3 cm³/mol. The fourth-order valence-corrected chi connectivity index (χ4v) is 2.42. The molecule has 0 amide bonds. The molecule has 1 aromatic heterocycles. The largest absolute Gasteiger partial charge is 0.394 e. The quantitative estimate of drug-likeness (QED) is 0.773. The van der Waals surface area contributed by atoms with E-state index in [1.54, 1.807) is 6.07 Å². The first kappa shape index (κ1) is 14.1. The standard InChI is InChI=1S/C18H15N3O/c19-11-15-8-4-7-14-9-10-17(21-18(14)15)20-16(12-22)13-5-2-1-3-6-13/h1-10,16,22H,12H2,(H,20,21)/t16-/m1/s1. The number of anilines is 1. The number of fused-ring (bicyclic) bond motifs is 1. The van der Waals surface area contributed by atoms with Gasteiger partial charge in [0.15, 0.2) is 0 Å². The van der Waals surface area contributed by atoms with E-state index in [4.69, 9.17) is 0 Å². The van der Waals surface area contributed by atoms with E-state index in [1.807, 2.05) is 54.6 Å². The van der Waals surface area contributed by atoms with Crippen LogP contribution in [-0.2, 0) is 0 Å². The van der Waals surface area contributed by atoms with Crippen LogP contribution in [0.3, 0.4) is 0 Å². The van der Waals surface area contributed by atoms with Crippen LogP contribution in [0.4, 0.5) is 5.82 Å². The van der Waals surface area contributed by atoms with Gasteiger partial charge in [-0.2, -0.15) is 5.26 Å². The van der Waals surface area contributed by atoms with Crippen molar-refractivity contribution in [3.63, 3.8) is 0 Å². The Kier molecular flexibility index (Phi) is 3.99. The number of aliphatic hydroxyl groups excluding tert-OH is 1. The van der Waals surface area contributed by atoms with Gasteiger partial charge in [0.05, 0.1) is 23.7 Å². The maximum Gasteiger partial charge on any atom is 0.127 e. The molecule has 4 nitrogen and oxygen atoms in total. The number of hydrogen-bond donors (Lipinski definition) is 2. The van der Waals surface area contributed by atoms with Crippen LogP contribution in [0.1, 0.15) is 17.2 Å². The molecule has 0 unspecified atom stereocenters. The molecule has 1 atom stereocenters. The van der Waals surface area contributed by atoms with E-state index in [-0.39, 0.29) is 12.6 Å². The number of benzene rings is 2. The molecular formula is C18H15N3O. The zero-order valence-electron chi connectivity index (χ0n) is 11.9. The summed E-state index contributed by atoms with van der Waals surface area (Å²) in [5.41, 5.74) is 2.20. The average Bonchev–Trinajstić information content (AvgIpc) is 2.59. The van der Waals surface area contributed by atoms with Gasteiger partial charge in [-0.1, -0.05) is 42.5 Å². The van der Waals surface area contributed by atoms with Crippen LogP contribution in [0, 0.1) is 11.3 Å². The van der Waals surface area contributed by atoms with Crippen molar-refractivity contribution in [1.82, 2.24) is 4.98 Å².